The first-order chi connectivity index (χ1) is 9.15. The van der Waals surface area contributed by atoms with Gasteiger partial charge in [-0.3, -0.25) is 4.68 Å². The van der Waals surface area contributed by atoms with Crippen molar-refractivity contribution in [1.29, 1.82) is 0 Å². The van der Waals surface area contributed by atoms with Gasteiger partial charge in [-0.15, -0.1) is 5.10 Å². The second kappa shape index (κ2) is 6.25. The minimum Gasteiger partial charge on any atom is -0.387 e. The van der Waals surface area contributed by atoms with E-state index in [2.05, 4.69) is 28.5 Å². The molecule has 104 valence electrons. The van der Waals surface area contributed by atoms with Crippen molar-refractivity contribution in [2.24, 2.45) is 0 Å². The third-order valence-electron chi connectivity index (χ3n) is 3.33. The summed E-state index contributed by atoms with van der Waals surface area (Å²) in [5.41, 5.74) is 1.79. The van der Waals surface area contributed by atoms with Crippen LogP contribution in [0.25, 0.3) is 0 Å². The molecule has 0 fully saturated rings. The number of hydrogen-bond acceptors (Lipinski definition) is 5. The Morgan fingerprint density at radius 2 is 2.21 bits per heavy atom. The van der Waals surface area contributed by atoms with E-state index in [-0.39, 0.29) is 0 Å². The molecule has 2 unspecified atom stereocenters. The van der Waals surface area contributed by atoms with Crippen LogP contribution in [0.4, 0.5) is 0 Å². The molecule has 19 heavy (non-hydrogen) atoms. The molecular formula is C13H20N4OS. The Morgan fingerprint density at radius 3 is 2.89 bits per heavy atom. The van der Waals surface area contributed by atoms with E-state index in [0.717, 1.165) is 29.1 Å². The second-order valence-corrected chi connectivity index (χ2v) is 5.49. The average molecular weight is 280 g/mol. The van der Waals surface area contributed by atoms with Gasteiger partial charge >= 0.3 is 0 Å². The maximum absolute atomic E-state index is 10.3. The molecule has 1 N–H and O–H groups in total. The number of rotatable bonds is 6. The molecule has 0 bridgehead atoms. The number of nitrogens with zero attached hydrogens (tertiary/aromatic N) is 4. The summed E-state index contributed by atoms with van der Waals surface area (Å²) < 4.78 is 5.86. The van der Waals surface area contributed by atoms with Gasteiger partial charge in [0.05, 0.1) is 22.4 Å². The van der Waals surface area contributed by atoms with Gasteiger partial charge in [-0.1, -0.05) is 18.3 Å². The Hall–Kier alpha value is -1.27. The van der Waals surface area contributed by atoms with E-state index in [1.54, 1.807) is 0 Å². The van der Waals surface area contributed by atoms with Gasteiger partial charge in [0.15, 0.2) is 0 Å². The van der Waals surface area contributed by atoms with Crippen LogP contribution in [0.1, 0.15) is 55.6 Å². The van der Waals surface area contributed by atoms with E-state index < -0.39 is 6.10 Å². The number of aromatic nitrogens is 4. The van der Waals surface area contributed by atoms with E-state index in [4.69, 9.17) is 0 Å². The lowest BCUT2D eigenvalue weighted by atomic mass is 10.1. The SMILES string of the molecule is CCc1nnsc1C(O)Cc1ccn(C(C)CC)n1. The van der Waals surface area contributed by atoms with Crippen molar-refractivity contribution in [1.82, 2.24) is 19.4 Å². The fourth-order valence-electron chi connectivity index (χ4n) is 1.92. The number of aryl methyl sites for hydroxylation is 1. The van der Waals surface area contributed by atoms with Gasteiger partial charge in [0, 0.05) is 18.7 Å². The van der Waals surface area contributed by atoms with Gasteiger partial charge in [0.25, 0.3) is 0 Å². The van der Waals surface area contributed by atoms with Crippen LogP contribution in [0.3, 0.4) is 0 Å². The monoisotopic (exact) mass is 280 g/mol. The largest absolute Gasteiger partial charge is 0.387 e. The number of aliphatic hydroxyl groups is 1. The highest BCUT2D eigenvalue weighted by atomic mass is 32.1. The third kappa shape index (κ3) is 3.19. The standard InChI is InChI=1S/C13H20N4OS/c1-4-9(3)17-7-6-10(15-17)8-12(18)13-11(5-2)14-16-19-13/h6-7,9,12,18H,4-5,8H2,1-3H3. The number of hydrogen-bond donors (Lipinski definition) is 1. The zero-order chi connectivity index (χ0) is 13.8. The maximum Gasteiger partial charge on any atom is 0.0973 e. The molecule has 0 saturated heterocycles. The summed E-state index contributed by atoms with van der Waals surface area (Å²) >= 11 is 1.27. The smallest absolute Gasteiger partial charge is 0.0973 e. The highest BCUT2D eigenvalue weighted by Gasteiger charge is 2.17. The van der Waals surface area contributed by atoms with Gasteiger partial charge in [0.2, 0.25) is 0 Å². The Kier molecular flexibility index (Phi) is 4.66. The molecule has 2 heterocycles. The minimum absolute atomic E-state index is 0.391. The fraction of sp³-hybridized carbons (Fsp3) is 0.615. The summed E-state index contributed by atoms with van der Waals surface area (Å²) in [7, 11) is 0. The molecule has 0 aliphatic carbocycles. The first kappa shape index (κ1) is 14.1. The van der Waals surface area contributed by atoms with Crippen LogP contribution in [0.5, 0.6) is 0 Å². The second-order valence-electron chi connectivity index (χ2n) is 4.70. The zero-order valence-electron chi connectivity index (χ0n) is 11.6. The Balaban J connectivity index is 2.06. The number of aliphatic hydroxyl groups excluding tert-OH is 1. The van der Waals surface area contributed by atoms with Crippen LogP contribution in [0.2, 0.25) is 0 Å². The molecule has 0 aliphatic rings. The summed E-state index contributed by atoms with van der Waals surface area (Å²) in [6.07, 6.45) is 3.77. The van der Waals surface area contributed by atoms with Crippen LogP contribution in [-0.4, -0.2) is 24.5 Å². The van der Waals surface area contributed by atoms with E-state index in [1.807, 2.05) is 23.9 Å². The van der Waals surface area contributed by atoms with Gasteiger partial charge in [-0.05, 0) is 37.4 Å². The Labute approximate surface area is 117 Å². The molecule has 5 nitrogen and oxygen atoms in total. The lowest BCUT2D eigenvalue weighted by molar-refractivity contribution is 0.179. The average Bonchev–Trinajstić information content (AvgIpc) is 3.05. The van der Waals surface area contributed by atoms with E-state index >= 15 is 0 Å². The molecule has 2 atom stereocenters. The molecule has 2 aromatic heterocycles. The summed E-state index contributed by atoms with van der Waals surface area (Å²) in [5, 5.41) is 18.8. The lowest BCUT2D eigenvalue weighted by Crippen LogP contribution is -2.07. The predicted octanol–water partition coefficient (Wildman–Crippen LogP) is 2.54. The molecule has 2 rings (SSSR count). The molecule has 0 aromatic carbocycles. The zero-order valence-corrected chi connectivity index (χ0v) is 12.4. The van der Waals surface area contributed by atoms with Gasteiger partial charge in [-0.25, -0.2) is 0 Å². The first-order valence-electron chi connectivity index (χ1n) is 6.68. The fourth-order valence-corrected chi connectivity index (χ4v) is 2.65. The lowest BCUT2D eigenvalue weighted by Gasteiger charge is -2.09. The quantitative estimate of drug-likeness (QED) is 0.883. The molecular weight excluding hydrogens is 260 g/mol. The van der Waals surface area contributed by atoms with Crippen molar-refractivity contribution in [3.63, 3.8) is 0 Å². The van der Waals surface area contributed by atoms with Crippen molar-refractivity contribution in [3.05, 3.63) is 28.5 Å². The summed E-state index contributed by atoms with van der Waals surface area (Å²) in [4.78, 5) is 0.862. The molecule has 0 aliphatic heterocycles. The molecule has 6 heteroatoms. The van der Waals surface area contributed by atoms with Crippen molar-refractivity contribution < 1.29 is 5.11 Å². The molecule has 0 saturated carbocycles. The normalized spacial score (nSPS) is 14.5. The van der Waals surface area contributed by atoms with Crippen LogP contribution in [0.15, 0.2) is 12.3 Å². The maximum atomic E-state index is 10.3. The van der Waals surface area contributed by atoms with Gasteiger partial charge in [-0.2, -0.15) is 5.10 Å². The molecule has 0 amide bonds. The predicted molar refractivity (Wildman–Crippen MR) is 75.2 cm³/mol. The van der Waals surface area contributed by atoms with Crippen LogP contribution < -0.4 is 0 Å². The van der Waals surface area contributed by atoms with Crippen molar-refractivity contribution in [3.8, 4) is 0 Å². The van der Waals surface area contributed by atoms with E-state index in [9.17, 15) is 5.11 Å². The topological polar surface area (TPSA) is 63.8 Å². The first-order valence-corrected chi connectivity index (χ1v) is 7.46. The molecule has 0 radical (unpaired) electrons. The van der Waals surface area contributed by atoms with Crippen molar-refractivity contribution >= 4 is 11.5 Å². The third-order valence-corrected chi connectivity index (χ3v) is 4.20. The van der Waals surface area contributed by atoms with Gasteiger partial charge < -0.3 is 5.11 Å². The Morgan fingerprint density at radius 1 is 1.42 bits per heavy atom. The van der Waals surface area contributed by atoms with Crippen molar-refractivity contribution in [2.45, 2.75) is 52.2 Å². The highest BCUT2D eigenvalue weighted by Crippen LogP contribution is 2.24. The van der Waals surface area contributed by atoms with E-state index in [1.165, 1.54) is 11.5 Å². The molecule has 2 aromatic rings. The summed E-state index contributed by atoms with van der Waals surface area (Å²) in [6, 6.07) is 2.36. The van der Waals surface area contributed by atoms with Crippen molar-refractivity contribution in [2.75, 3.05) is 0 Å². The highest BCUT2D eigenvalue weighted by molar-refractivity contribution is 7.05. The summed E-state index contributed by atoms with van der Waals surface area (Å²) in [5.74, 6) is 0. The van der Waals surface area contributed by atoms with Gasteiger partial charge in [0.1, 0.15) is 0 Å². The minimum atomic E-state index is -0.560. The summed E-state index contributed by atoms with van der Waals surface area (Å²) in [6.45, 7) is 6.29. The molecule has 0 spiro atoms. The van der Waals surface area contributed by atoms with Crippen LogP contribution in [0, 0.1) is 0 Å². The van der Waals surface area contributed by atoms with E-state index in [0.29, 0.717) is 12.5 Å². The van der Waals surface area contributed by atoms with Crippen LogP contribution in [-0.2, 0) is 12.8 Å². The van der Waals surface area contributed by atoms with Crippen LogP contribution >= 0.6 is 11.5 Å². The Bertz CT molecular complexity index is 522.